The second-order valence-electron chi connectivity index (χ2n) is 8.27. The van der Waals surface area contributed by atoms with Crippen LogP contribution >= 0.6 is 0 Å². The van der Waals surface area contributed by atoms with Crippen LogP contribution in [0, 0.1) is 0 Å². The molecule has 0 atom stereocenters. The molecule has 5 nitrogen and oxygen atoms in total. The lowest BCUT2D eigenvalue weighted by Crippen LogP contribution is -2.41. The summed E-state index contributed by atoms with van der Waals surface area (Å²) in [5.74, 6) is 1.20. The third-order valence-corrected chi connectivity index (χ3v) is 6.24. The van der Waals surface area contributed by atoms with E-state index in [-0.39, 0.29) is 6.03 Å². The van der Waals surface area contributed by atoms with E-state index in [0.717, 1.165) is 16.9 Å². The van der Waals surface area contributed by atoms with Crippen molar-refractivity contribution in [2.24, 2.45) is 0 Å². The molecule has 158 valence electrons. The van der Waals surface area contributed by atoms with Gasteiger partial charge in [0.1, 0.15) is 12.3 Å². The number of anilines is 2. The number of urea groups is 1. The van der Waals surface area contributed by atoms with Gasteiger partial charge in [0.2, 0.25) is 5.88 Å². The monoisotopic (exact) mass is 413 g/mol. The Balaban J connectivity index is 1.34. The van der Waals surface area contributed by atoms with Crippen molar-refractivity contribution < 1.29 is 9.53 Å². The first-order chi connectivity index (χ1) is 15.3. The first-order valence-corrected chi connectivity index (χ1v) is 11.2. The molecule has 2 amide bonds. The van der Waals surface area contributed by atoms with Crippen molar-refractivity contribution in [2.75, 3.05) is 23.4 Å². The second kappa shape index (κ2) is 8.80. The summed E-state index contributed by atoms with van der Waals surface area (Å²) in [5, 5.41) is 2.94. The number of pyridine rings is 1. The van der Waals surface area contributed by atoms with Crippen molar-refractivity contribution in [3.05, 3.63) is 72.3 Å². The van der Waals surface area contributed by atoms with Crippen LogP contribution in [0.15, 0.2) is 66.7 Å². The number of hydrogen-bond donors (Lipinski definition) is 1. The zero-order valence-electron chi connectivity index (χ0n) is 17.6. The molecule has 3 aromatic rings. The lowest BCUT2D eigenvalue weighted by atomic mass is 9.84. The standard InChI is InChI=1S/C26H27N3O2/c30-26(27-22-9-5-2-6-10-22)29-17-18-31-25-24(29)16-15-23(28-25)21-13-11-20(12-14-21)19-7-3-1-4-8-19/h2,5-6,9-16,19H,1,3-4,7-8,17-18H2,(H,27,30). The third-order valence-electron chi connectivity index (χ3n) is 6.24. The Morgan fingerprint density at radius 3 is 2.48 bits per heavy atom. The van der Waals surface area contributed by atoms with E-state index in [1.807, 2.05) is 42.5 Å². The summed E-state index contributed by atoms with van der Waals surface area (Å²) < 4.78 is 5.80. The number of amides is 2. The zero-order chi connectivity index (χ0) is 21.0. The Labute approximate surface area is 183 Å². The predicted octanol–water partition coefficient (Wildman–Crippen LogP) is 6.23. The molecule has 5 heteroatoms. The van der Waals surface area contributed by atoms with E-state index in [2.05, 4.69) is 29.6 Å². The molecule has 5 rings (SSSR count). The quantitative estimate of drug-likeness (QED) is 0.554. The molecule has 2 aliphatic rings. The summed E-state index contributed by atoms with van der Waals surface area (Å²) in [6, 6.07) is 22.0. The number of fused-ring (bicyclic) bond motifs is 1. The highest BCUT2D eigenvalue weighted by Crippen LogP contribution is 2.35. The number of carbonyl (C=O) groups excluding carboxylic acids is 1. The first-order valence-electron chi connectivity index (χ1n) is 11.2. The van der Waals surface area contributed by atoms with E-state index in [1.54, 1.807) is 4.90 Å². The highest BCUT2D eigenvalue weighted by molar-refractivity contribution is 6.02. The van der Waals surface area contributed by atoms with E-state index in [9.17, 15) is 4.79 Å². The van der Waals surface area contributed by atoms with Crippen molar-refractivity contribution in [3.63, 3.8) is 0 Å². The highest BCUT2D eigenvalue weighted by atomic mass is 16.5. The van der Waals surface area contributed by atoms with Gasteiger partial charge in [0.25, 0.3) is 0 Å². The Morgan fingerprint density at radius 2 is 1.71 bits per heavy atom. The molecule has 2 heterocycles. The van der Waals surface area contributed by atoms with E-state index >= 15 is 0 Å². The van der Waals surface area contributed by atoms with Gasteiger partial charge in [0.05, 0.1) is 12.2 Å². The summed E-state index contributed by atoms with van der Waals surface area (Å²) >= 11 is 0. The van der Waals surface area contributed by atoms with Gasteiger partial charge in [0, 0.05) is 11.3 Å². The molecule has 1 aliphatic heterocycles. The summed E-state index contributed by atoms with van der Waals surface area (Å²) in [6.07, 6.45) is 6.64. The summed E-state index contributed by atoms with van der Waals surface area (Å²) in [6.45, 7) is 0.912. The molecule has 0 saturated heterocycles. The number of rotatable bonds is 3. The summed E-state index contributed by atoms with van der Waals surface area (Å²) in [5.41, 5.74) is 4.82. The number of ether oxygens (including phenoxy) is 1. The van der Waals surface area contributed by atoms with Gasteiger partial charge < -0.3 is 10.1 Å². The number of carbonyl (C=O) groups is 1. The molecule has 31 heavy (non-hydrogen) atoms. The van der Waals surface area contributed by atoms with Gasteiger partial charge in [-0.1, -0.05) is 61.7 Å². The van der Waals surface area contributed by atoms with Crippen molar-refractivity contribution in [3.8, 4) is 17.1 Å². The molecule has 1 saturated carbocycles. The molecule has 2 aromatic carbocycles. The van der Waals surface area contributed by atoms with E-state index in [0.29, 0.717) is 30.6 Å². The van der Waals surface area contributed by atoms with Gasteiger partial charge >= 0.3 is 6.03 Å². The van der Waals surface area contributed by atoms with Gasteiger partial charge in [-0.05, 0) is 48.6 Å². The fraction of sp³-hybridized carbons (Fsp3) is 0.308. The predicted molar refractivity (Wildman–Crippen MR) is 124 cm³/mol. The van der Waals surface area contributed by atoms with E-state index in [4.69, 9.17) is 9.72 Å². The topological polar surface area (TPSA) is 54.5 Å². The molecule has 1 aliphatic carbocycles. The average Bonchev–Trinajstić information content (AvgIpc) is 2.84. The van der Waals surface area contributed by atoms with Gasteiger partial charge in [-0.25, -0.2) is 9.78 Å². The van der Waals surface area contributed by atoms with Crippen LogP contribution in [0.5, 0.6) is 5.88 Å². The number of nitrogens with one attached hydrogen (secondary N) is 1. The summed E-state index contributed by atoms with van der Waals surface area (Å²) in [7, 11) is 0. The molecule has 0 radical (unpaired) electrons. The lowest BCUT2D eigenvalue weighted by molar-refractivity contribution is 0.248. The van der Waals surface area contributed by atoms with Crippen LogP contribution < -0.4 is 15.0 Å². The Bertz CT molecular complexity index is 1040. The Morgan fingerprint density at radius 1 is 0.935 bits per heavy atom. The van der Waals surface area contributed by atoms with Gasteiger partial charge in [-0.3, -0.25) is 4.90 Å². The van der Waals surface area contributed by atoms with Crippen molar-refractivity contribution >= 4 is 17.4 Å². The average molecular weight is 414 g/mol. The van der Waals surface area contributed by atoms with Crippen LogP contribution in [0.25, 0.3) is 11.3 Å². The molecule has 1 aromatic heterocycles. The molecule has 0 spiro atoms. The highest BCUT2D eigenvalue weighted by Gasteiger charge is 2.25. The maximum absolute atomic E-state index is 12.8. The Kier molecular flexibility index (Phi) is 5.57. The third kappa shape index (κ3) is 4.26. The van der Waals surface area contributed by atoms with Crippen molar-refractivity contribution in [1.29, 1.82) is 0 Å². The molecular formula is C26H27N3O2. The van der Waals surface area contributed by atoms with Gasteiger partial charge in [-0.2, -0.15) is 0 Å². The SMILES string of the molecule is O=C(Nc1ccccc1)N1CCOc2nc(-c3ccc(C4CCCCC4)cc3)ccc21. The van der Waals surface area contributed by atoms with Crippen LogP contribution in [0.1, 0.15) is 43.6 Å². The van der Waals surface area contributed by atoms with Crippen molar-refractivity contribution in [1.82, 2.24) is 4.98 Å². The van der Waals surface area contributed by atoms with E-state index in [1.165, 1.54) is 37.7 Å². The zero-order valence-corrected chi connectivity index (χ0v) is 17.6. The van der Waals surface area contributed by atoms with Crippen LogP contribution in [0.2, 0.25) is 0 Å². The van der Waals surface area contributed by atoms with Crippen LogP contribution in [-0.2, 0) is 0 Å². The first kappa shape index (κ1) is 19.6. The van der Waals surface area contributed by atoms with Crippen LogP contribution in [-0.4, -0.2) is 24.2 Å². The minimum Gasteiger partial charge on any atom is -0.474 e. The normalized spacial score (nSPS) is 16.3. The fourth-order valence-corrected chi connectivity index (χ4v) is 4.54. The van der Waals surface area contributed by atoms with Crippen molar-refractivity contribution in [2.45, 2.75) is 38.0 Å². The van der Waals surface area contributed by atoms with Gasteiger partial charge in [-0.15, -0.1) is 0 Å². The minimum atomic E-state index is -0.179. The molecule has 1 fully saturated rings. The minimum absolute atomic E-state index is 0.179. The Hall–Kier alpha value is -3.34. The number of benzene rings is 2. The number of hydrogen-bond acceptors (Lipinski definition) is 3. The van der Waals surface area contributed by atoms with Crippen LogP contribution in [0.4, 0.5) is 16.2 Å². The molecule has 0 bridgehead atoms. The van der Waals surface area contributed by atoms with Gasteiger partial charge in [0.15, 0.2) is 0 Å². The number of aromatic nitrogens is 1. The number of para-hydroxylation sites is 1. The fourth-order valence-electron chi connectivity index (χ4n) is 4.54. The van der Waals surface area contributed by atoms with Crippen LogP contribution in [0.3, 0.4) is 0 Å². The largest absolute Gasteiger partial charge is 0.474 e. The molecule has 1 N–H and O–H groups in total. The molecular weight excluding hydrogens is 386 g/mol. The maximum Gasteiger partial charge on any atom is 0.326 e. The lowest BCUT2D eigenvalue weighted by Gasteiger charge is -2.29. The van der Waals surface area contributed by atoms with E-state index < -0.39 is 0 Å². The smallest absolute Gasteiger partial charge is 0.326 e. The summed E-state index contributed by atoms with van der Waals surface area (Å²) in [4.78, 5) is 19.2. The second-order valence-corrected chi connectivity index (χ2v) is 8.27. The maximum atomic E-state index is 12.8. The molecule has 0 unspecified atom stereocenters. The number of nitrogens with zero attached hydrogens (tertiary/aromatic N) is 2.